The maximum atomic E-state index is 14.4. The standard InChI is InChI=1S/C49H54N8O6/c1-26(2)40(54-48(60)62-5)46(58)57-35-19-16-34(24-35)43(57)45-50-25-38(52-45)30-14-12-29(13-15-30)32-17-20-36-33(23-32)18-21-37-42(36)53-44(51-37)39-22-27(3)28(4)56(39)47(59)41(55-49(61)63-6)31-10-8-7-9-11-31/h7-15,17-18,20-21,23,25-28,34-35,39-41,43H,16,19,22,24H2,1-6H3,(H,50,52)(H,51,53)(H,54,60)(H,55,61)/t27-,28-,34+,35-,39+,40+,41-,43+/m1/s1. The lowest BCUT2D eigenvalue weighted by Crippen LogP contribution is -2.54. The van der Waals surface area contributed by atoms with Gasteiger partial charge in [-0.25, -0.2) is 19.6 Å². The van der Waals surface area contributed by atoms with Crippen LogP contribution in [0.25, 0.3) is 44.2 Å². The number of rotatable bonds is 10. The van der Waals surface area contributed by atoms with E-state index in [4.69, 9.17) is 19.4 Å². The average Bonchev–Trinajstić information content (AvgIpc) is 4.16. The summed E-state index contributed by atoms with van der Waals surface area (Å²) in [5.41, 5.74) is 6.37. The summed E-state index contributed by atoms with van der Waals surface area (Å²) in [6, 6.07) is 26.0. The molecule has 1 saturated carbocycles. The van der Waals surface area contributed by atoms with Gasteiger partial charge in [-0.3, -0.25) is 9.59 Å². The van der Waals surface area contributed by atoms with Crippen LogP contribution in [0.5, 0.6) is 0 Å². The highest BCUT2D eigenvalue weighted by molar-refractivity contribution is 6.05. The van der Waals surface area contributed by atoms with Crippen molar-refractivity contribution in [3.8, 4) is 22.4 Å². The van der Waals surface area contributed by atoms with Crippen LogP contribution in [-0.2, 0) is 19.1 Å². The SMILES string of the molecule is COC(=O)N[C@H](C(=O)N1[C@@H]2CC[C@@H](C2)[C@H]1c1ncc(-c2ccc(-c3ccc4c(ccc5[nH]c([C@@H]6C[C@@H](C)[C@@H](C)N6C(=O)[C@H](NC(=O)OC)c6ccccc6)nc54)c3)cc2)[nH]1)C(C)C. The molecule has 63 heavy (non-hydrogen) atoms. The first-order valence-electron chi connectivity index (χ1n) is 21.9. The van der Waals surface area contributed by atoms with Crippen molar-refractivity contribution in [3.05, 3.63) is 108 Å². The number of amides is 4. The molecule has 3 aliphatic rings. The number of carbonyl (C=O) groups excluding carboxylic acids is 4. The van der Waals surface area contributed by atoms with Crippen molar-refractivity contribution < 1.29 is 28.7 Å². The minimum Gasteiger partial charge on any atom is -0.453 e. The Balaban J connectivity index is 0.945. The fourth-order valence-electron chi connectivity index (χ4n) is 10.2. The largest absolute Gasteiger partial charge is 0.453 e. The number of benzene rings is 4. The lowest BCUT2D eigenvalue weighted by molar-refractivity contribution is -0.139. The molecule has 4 N–H and O–H groups in total. The topological polar surface area (TPSA) is 175 Å². The van der Waals surface area contributed by atoms with Crippen molar-refractivity contribution in [1.82, 2.24) is 40.4 Å². The number of likely N-dealkylation sites (tertiary alicyclic amines) is 2. The average molecular weight is 851 g/mol. The van der Waals surface area contributed by atoms with Crippen LogP contribution >= 0.6 is 0 Å². The van der Waals surface area contributed by atoms with Gasteiger partial charge < -0.3 is 39.9 Å². The van der Waals surface area contributed by atoms with E-state index in [1.165, 1.54) is 14.2 Å². The number of carbonyl (C=O) groups is 4. The lowest BCUT2D eigenvalue weighted by Gasteiger charge is -2.37. The third-order valence-electron chi connectivity index (χ3n) is 13.7. The van der Waals surface area contributed by atoms with E-state index >= 15 is 0 Å². The summed E-state index contributed by atoms with van der Waals surface area (Å²) in [6.45, 7) is 8.05. The van der Waals surface area contributed by atoms with Gasteiger partial charge in [-0.05, 0) is 90.1 Å². The molecule has 4 aromatic carbocycles. The smallest absolute Gasteiger partial charge is 0.407 e. The fourth-order valence-corrected chi connectivity index (χ4v) is 10.2. The van der Waals surface area contributed by atoms with Gasteiger partial charge in [0.1, 0.15) is 23.7 Å². The van der Waals surface area contributed by atoms with Crippen LogP contribution in [0.3, 0.4) is 0 Å². The molecule has 2 aliphatic heterocycles. The number of fused-ring (bicyclic) bond motifs is 5. The van der Waals surface area contributed by atoms with E-state index in [-0.39, 0.29) is 47.8 Å². The normalized spacial score (nSPS) is 22.7. The van der Waals surface area contributed by atoms with Gasteiger partial charge in [-0.2, -0.15) is 0 Å². The molecule has 2 saturated heterocycles. The monoisotopic (exact) mass is 850 g/mol. The van der Waals surface area contributed by atoms with Gasteiger partial charge in [0.05, 0.1) is 49.2 Å². The second kappa shape index (κ2) is 16.9. The summed E-state index contributed by atoms with van der Waals surface area (Å²) in [5.74, 6) is 1.56. The van der Waals surface area contributed by atoms with E-state index in [9.17, 15) is 19.2 Å². The zero-order valence-electron chi connectivity index (χ0n) is 36.4. The number of H-pyrrole nitrogens is 2. The summed E-state index contributed by atoms with van der Waals surface area (Å²) in [5, 5.41) is 7.57. The Morgan fingerprint density at radius 1 is 0.762 bits per heavy atom. The third-order valence-corrected chi connectivity index (χ3v) is 13.7. The molecule has 14 heteroatoms. The lowest BCUT2D eigenvalue weighted by atomic mass is 9.95. The molecule has 2 aromatic heterocycles. The van der Waals surface area contributed by atoms with Crippen LogP contribution in [0.2, 0.25) is 0 Å². The van der Waals surface area contributed by atoms with Crippen LogP contribution < -0.4 is 10.6 Å². The Morgan fingerprint density at radius 3 is 2.21 bits per heavy atom. The van der Waals surface area contributed by atoms with Crippen LogP contribution in [-0.4, -0.2) is 86.1 Å². The Bertz CT molecular complexity index is 2680. The van der Waals surface area contributed by atoms with Crippen LogP contribution in [0, 0.1) is 17.8 Å². The van der Waals surface area contributed by atoms with Gasteiger partial charge in [-0.1, -0.05) is 93.6 Å². The fraction of sp³-hybridized carbons (Fsp3) is 0.388. The van der Waals surface area contributed by atoms with E-state index in [2.05, 4.69) is 83.0 Å². The van der Waals surface area contributed by atoms with Crippen molar-refractivity contribution >= 4 is 45.8 Å². The van der Waals surface area contributed by atoms with Gasteiger partial charge in [0, 0.05) is 17.5 Å². The van der Waals surface area contributed by atoms with Crippen LogP contribution in [0.15, 0.2) is 91.1 Å². The van der Waals surface area contributed by atoms with Gasteiger partial charge >= 0.3 is 12.2 Å². The molecular formula is C49H54N8O6. The molecule has 3 fully saturated rings. The second-order valence-corrected chi connectivity index (χ2v) is 17.7. The molecule has 0 unspecified atom stereocenters. The molecule has 0 radical (unpaired) electrons. The second-order valence-electron chi connectivity index (χ2n) is 17.7. The summed E-state index contributed by atoms with van der Waals surface area (Å²) < 4.78 is 9.74. The predicted octanol–water partition coefficient (Wildman–Crippen LogP) is 8.60. The highest BCUT2D eigenvalue weighted by Crippen LogP contribution is 2.50. The van der Waals surface area contributed by atoms with Gasteiger partial charge in [0.25, 0.3) is 5.91 Å². The van der Waals surface area contributed by atoms with Crippen molar-refractivity contribution in [2.75, 3.05) is 14.2 Å². The van der Waals surface area contributed by atoms with E-state index in [0.29, 0.717) is 17.3 Å². The van der Waals surface area contributed by atoms with Crippen molar-refractivity contribution in [2.24, 2.45) is 17.8 Å². The molecule has 8 atom stereocenters. The molecule has 1 aliphatic carbocycles. The van der Waals surface area contributed by atoms with E-state index in [0.717, 1.165) is 75.7 Å². The molecular weight excluding hydrogens is 797 g/mol. The molecule has 9 rings (SSSR count). The molecule has 0 spiro atoms. The molecule has 14 nitrogen and oxygen atoms in total. The minimum atomic E-state index is -0.916. The number of aromatic amines is 2. The number of aromatic nitrogens is 4. The third kappa shape index (κ3) is 7.65. The summed E-state index contributed by atoms with van der Waals surface area (Å²) in [6.07, 6.45) is 4.18. The number of ether oxygens (including phenoxy) is 2. The van der Waals surface area contributed by atoms with Crippen LogP contribution in [0.4, 0.5) is 9.59 Å². The molecule has 2 bridgehead atoms. The number of imidazole rings is 2. The maximum absolute atomic E-state index is 14.4. The number of alkyl carbamates (subject to hydrolysis) is 2. The van der Waals surface area contributed by atoms with E-state index in [1.54, 1.807) is 0 Å². The molecule has 6 aromatic rings. The number of hydrogen-bond acceptors (Lipinski definition) is 8. The van der Waals surface area contributed by atoms with Gasteiger partial charge in [0.2, 0.25) is 5.91 Å². The number of hydrogen-bond donors (Lipinski definition) is 4. The minimum absolute atomic E-state index is 0.0911. The van der Waals surface area contributed by atoms with Crippen molar-refractivity contribution in [2.45, 2.75) is 89.6 Å². The zero-order valence-corrected chi connectivity index (χ0v) is 36.4. The Morgan fingerprint density at radius 2 is 1.48 bits per heavy atom. The zero-order chi connectivity index (χ0) is 44.1. The quantitative estimate of drug-likeness (QED) is 0.106. The first-order chi connectivity index (χ1) is 30.4. The number of nitrogens with one attached hydrogen (secondary N) is 4. The number of nitrogens with zero attached hydrogens (tertiary/aromatic N) is 4. The summed E-state index contributed by atoms with van der Waals surface area (Å²) in [7, 11) is 2.60. The Labute approximate surface area is 366 Å². The molecule has 4 amide bonds. The predicted molar refractivity (Wildman–Crippen MR) is 239 cm³/mol. The Hall–Kier alpha value is -6.70. The maximum Gasteiger partial charge on any atom is 0.407 e. The number of methoxy groups -OCH3 is 2. The van der Waals surface area contributed by atoms with Gasteiger partial charge in [0.15, 0.2) is 0 Å². The first kappa shape index (κ1) is 41.6. The van der Waals surface area contributed by atoms with Gasteiger partial charge in [-0.15, -0.1) is 0 Å². The molecule has 326 valence electrons. The molecule has 4 heterocycles. The van der Waals surface area contributed by atoms with E-state index in [1.807, 2.05) is 66.2 Å². The number of piperidine rings is 1. The van der Waals surface area contributed by atoms with Crippen LogP contribution in [0.1, 0.15) is 88.7 Å². The van der Waals surface area contributed by atoms with Crippen molar-refractivity contribution in [1.29, 1.82) is 0 Å². The first-order valence-corrected chi connectivity index (χ1v) is 21.9. The highest BCUT2D eigenvalue weighted by Gasteiger charge is 2.51. The van der Waals surface area contributed by atoms with E-state index < -0.39 is 24.3 Å². The van der Waals surface area contributed by atoms with Crippen molar-refractivity contribution in [3.63, 3.8) is 0 Å². The Kier molecular flexibility index (Phi) is 11.2. The summed E-state index contributed by atoms with van der Waals surface area (Å²) in [4.78, 5) is 73.9. The highest BCUT2D eigenvalue weighted by atomic mass is 16.5. The summed E-state index contributed by atoms with van der Waals surface area (Å²) >= 11 is 0.